The Hall–Kier alpha value is -4.39. The molecule has 4 aromatic carbocycles. The predicted molar refractivity (Wildman–Crippen MR) is 245 cm³/mol. The molecule has 12 heteroatoms. The summed E-state index contributed by atoms with van der Waals surface area (Å²) in [6.45, 7) is 12.2. The van der Waals surface area contributed by atoms with Crippen molar-refractivity contribution >= 4 is 33.5 Å². The number of benzene rings is 4. The zero-order valence-electron chi connectivity index (χ0n) is 38.0. The third-order valence-electron chi connectivity index (χ3n) is 13.4. The number of piperidine rings is 2. The van der Waals surface area contributed by atoms with Crippen LogP contribution in [0.2, 0.25) is 0 Å². The van der Waals surface area contributed by atoms with Gasteiger partial charge < -0.3 is 24.4 Å². The molecule has 4 aromatic rings. The van der Waals surface area contributed by atoms with Gasteiger partial charge in [0.2, 0.25) is 0 Å². The van der Waals surface area contributed by atoms with E-state index in [1.165, 1.54) is 24.0 Å². The maximum Gasteiger partial charge on any atom is 0.391 e. The number of likely N-dealkylation sites (tertiary alicyclic amines) is 2. The lowest BCUT2D eigenvalue weighted by atomic mass is 9.87. The van der Waals surface area contributed by atoms with Crippen molar-refractivity contribution in [3.8, 4) is 11.5 Å². The molecule has 2 saturated heterocycles. The predicted octanol–water partition coefficient (Wildman–Crippen LogP) is 11.0. The van der Waals surface area contributed by atoms with Crippen molar-refractivity contribution in [1.82, 2.24) is 9.80 Å². The normalized spacial score (nSPS) is 22.7. The highest BCUT2D eigenvalue weighted by atomic mass is 19.4. The Balaban J connectivity index is 0.000000189. The zero-order valence-corrected chi connectivity index (χ0v) is 38.0. The van der Waals surface area contributed by atoms with Gasteiger partial charge in [-0.2, -0.15) is 13.2 Å². The second-order valence-corrected chi connectivity index (χ2v) is 18.4. The minimum absolute atomic E-state index is 0.0136. The molecule has 350 valence electrons. The van der Waals surface area contributed by atoms with E-state index in [0.717, 1.165) is 105 Å². The quantitative estimate of drug-likeness (QED) is 0.150. The second kappa shape index (κ2) is 23.7. The topological polar surface area (TPSA) is 109 Å². The number of alkyl halides is 3. The minimum Gasteiger partial charge on any atom is -0.508 e. The highest BCUT2D eigenvalue weighted by Gasteiger charge is 2.41. The summed E-state index contributed by atoms with van der Waals surface area (Å²) >= 11 is 0. The maximum atomic E-state index is 12.9. The number of rotatable bonds is 10. The number of aliphatic hydroxyl groups is 1. The van der Waals surface area contributed by atoms with Gasteiger partial charge >= 0.3 is 18.1 Å². The van der Waals surface area contributed by atoms with Gasteiger partial charge in [0, 0.05) is 13.1 Å². The van der Waals surface area contributed by atoms with Crippen molar-refractivity contribution in [2.75, 3.05) is 39.4 Å². The van der Waals surface area contributed by atoms with E-state index in [1.54, 1.807) is 12.1 Å². The molecule has 9 nitrogen and oxygen atoms in total. The van der Waals surface area contributed by atoms with Crippen molar-refractivity contribution in [2.45, 2.75) is 129 Å². The Morgan fingerprint density at radius 2 is 1.06 bits per heavy atom. The van der Waals surface area contributed by atoms with Crippen molar-refractivity contribution in [1.29, 1.82) is 0 Å². The molecule has 8 rings (SSSR count). The van der Waals surface area contributed by atoms with Crippen LogP contribution in [0.1, 0.15) is 109 Å². The van der Waals surface area contributed by atoms with Gasteiger partial charge in [0.25, 0.3) is 0 Å². The van der Waals surface area contributed by atoms with E-state index in [0.29, 0.717) is 37.6 Å². The summed E-state index contributed by atoms with van der Waals surface area (Å²) in [7, 11) is 0. The van der Waals surface area contributed by atoms with E-state index in [-0.39, 0.29) is 48.8 Å². The van der Waals surface area contributed by atoms with E-state index in [9.17, 15) is 27.9 Å². The van der Waals surface area contributed by atoms with E-state index >= 15 is 0 Å². The van der Waals surface area contributed by atoms with Crippen LogP contribution in [0.5, 0.6) is 11.5 Å². The molecule has 0 spiro atoms. The summed E-state index contributed by atoms with van der Waals surface area (Å²) in [5.74, 6) is 0.636. The number of esters is 2. The Labute approximate surface area is 377 Å². The number of carbonyl (C=O) groups excluding carboxylic acids is 2. The average molecular weight is 891 g/mol. The van der Waals surface area contributed by atoms with E-state index < -0.39 is 12.1 Å². The lowest BCUT2D eigenvalue weighted by Crippen LogP contribution is -2.36. The second-order valence-electron chi connectivity index (χ2n) is 18.4. The number of ether oxygens (including phenoxy) is 3. The molecular formula is C52H69F3N2O7. The summed E-state index contributed by atoms with van der Waals surface area (Å²) in [5.41, 5.74) is 2.48. The number of carbonyl (C=O) groups is 2. The summed E-state index contributed by atoms with van der Waals surface area (Å²) in [6.07, 6.45) is 4.85. The van der Waals surface area contributed by atoms with Crippen molar-refractivity contribution in [2.24, 2.45) is 23.7 Å². The van der Waals surface area contributed by atoms with Gasteiger partial charge in [-0.3, -0.25) is 19.4 Å². The fraction of sp³-hybridized carbons (Fsp3) is 0.577. The van der Waals surface area contributed by atoms with Gasteiger partial charge in [-0.05, 0) is 192 Å². The Morgan fingerprint density at radius 1 is 0.609 bits per heavy atom. The number of aromatic hydroxyl groups is 1. The standard InChI is InChI=1S/C26H32F3NO3.C19H23NO3.C7H14O/c1-2-32-25(31)19-11-13-30(14-12-19)17-18-3-4-21-16-24(8-5-20(21)15-18)33-23-9-6-22(7-10-23)26(27,28)29;1-2-23-19(22)15-7-9-20(10-8-15)13-14-3-4-17-12-18(21)6-5-16(17)11-14;1-6-2-4-7(8)5-3-6/h3-5,8,15-16,19,22-23H,2,6-7,9-14,17H2,1H3;3-6,11-12,15,21H,2,7-10,13H2,1H3;6-8H,2-5H2,1H3. The van der Waals surface area contributed by atoms with Crippen LogP contribution >= 0.6 is 0 Å². The first-order chi connectivity index (χ1) is 30.8. The van der Waals surface area contributed by atoms with Crippen LogP contribution in [0.4, 0.5) is 13.2 Å². The number of hydrogen-bond donors (Lipinski definition) is 2. The van der Waals surface area contributed by atoms with Crippen molar-refractivity contribution < 1.29 is 47.2 Å². The Morgan fingerprint density at radius 3 is 1.53 bits per heavy atom. The van der Waals surface area contributed by atoms with Gasteiger partial charge in [0.15, 0.2) is 0 Å². The van der Waals surface area contributed by atoms with Crippen LogP contribution in [-0.2, 0) is 32.2 Å². The van der Waals surface area contributed by atoms with E-state index in [4.69, 9.17) is 19.3 Å². The lowest BCUT2D eigenvalue weighted by Gasteiger charge is -2.31. The highest BCUT2D eigenvalue weighted by Crippen LogP contribution is 2.39. The van der Waals surface area contributed by atoms with Gasteiger partial charge in [-0.15, -0.1) is 0 Å². The molecular weight excluding hydrogens is 822 g/mol. The van der Waals surface area contributed by atoms with Crippen LogP contribution in [0.3, 0.4) is 0 Å². The smallest absolute Gasteiger partial charge is 0.391 e. The number of phenolic OH excluding ortho intramolecular Hbond substituents is 1. The molecule has 0 aromatic heterocycles. The summed E-state index contributed by atoms with van der Waals surface area (Å²) in [5, 5.41) is 22.9. The zero-order chi connectivity index (χ0) is 45.6. The Bertz CT molecular complexity index is 2070. The first-order valence-corrected chi connectivity index (χ1v) is 23.7. The third-order valence-corrected chi connectivity index (χ3v) is 13.4. The fourth-order valence-electron chi connectivity index (χ4n) is 9.46. The van der Waals surface area contributed by atoms with Crippen molar-refractivity contribution in [3.63, 3.8) is 0 Å². The first-order valence-electron chi connectivity index (χ1n) is 23.7. The number of nitrogens with zero attached hydrogens (tertiary/aromatic N) is 2. The molecule has 0 atom stereocenters. The van der Waals surface area contributed by atoms with E-state index in [2.05, 4.69) is 53.1 Å². The van der Waals surface area contributed by atoms with E-state index in [1.807, 2.05) is 38.1 Å². The molecule has 4 fully saturated rings. The largest absolute Gasteiger partial charge is 0.508 e. The SMILES string of the molecule is CC1CCC(O)CC1.CCOC(=O)C1CCN(Cc2ccc3cc(O)ccc3c2)CC1.CCOC(=O)C1CCN(Cc2ccc3cc(OC4CCC(C(F)(F)F)CC4)ccc3c2)CC1. The number of aliphatic hydroxyl groups excluding tert-OH is 1. The lowest BCUT2D eigenvalue weighted by molar-refractivity contribution is -0.185. The fourth-order valence-corrected chi connectivity index (χ4v) is 9.46. The third kappa shape index (κ3) is 14.8. The maximum absolute atomic E-state index is 12.9. The number of fused-ring (bicyclic) bond motifs is 2. The first kappa shape index (κ1) is 49.1. The highest BCUT2D eigenvalue weighted by molar-refractivity contribution is 5.85. The number of hydrogen-bond acceptors (Lipinski definition) is 9. The van der Waals surface area contributed by atoms with Crippen LogP contribution < -0.4 is 4.74 Å². The monoisotopic (exact) mass is 891 g/mol. The number of halogens is 3. The molecule has 0 radical (unpaired) electrons. The molecule has 4 aliphatic rings. The summed E-state index contributed by atoms with van der Waals surface area (Å²) in [4.78, 5) is 28.4. The molecule has 0 amide bonds. The minimum atomic E-state index is -4.09. The van der Waals surface area contributed by atoms with Gasteiger partial charge in [0.05, 0.1) is 43.2 Å². The molecule has 64 heavy (non-hydrogen) atoms. The molecule has 2 N–H and O–H groups in total. The summed E-state index contributed by atoms with van der Waals surface area (Å²) in [6, 6.07) is 24.0. The molecule has 0 bridgehead atoms. The molecule has 2 saturated carbocycles. The Kier molecular flexibility index (Phi) is 18.2. The number of phenols is 1. The molecule has 2 heterocycles. The van der Waals surface area contributed by atoms with Crippen LogP contribution in [0.25, 0.3) is 21.5 Å². The van der Waals surface area contributed by atoms with Crippen LogP contribution in [0.15, 0.2) is 72.8 Å². The molecule has 2 aliphatic carbocycles. The molecule has 2 aliphatic heterocycles. The van der Waals surface area contributed by atoms with Gasteiger partial charge in [-0.25, -0.2) is 0 Å². The van der Waals surface area contributed by atoms with Gasteiger partial charge in [-0.1, -0.05) is 43.3 Å². The van der Waals surface area contributed by atoms with Crippen LogP contribution in [0, 0.1) is 23.7 Å². The average Bonchev–Trinajstić information content (AvgIpc) is 3.28. The van der Waals surface area contributed by atoms with Gasteiger partial charge in [0.1, 0.15) is 11.5 Å². The molecule has 0 unspecified atom stereocenters. The van der Waals surface area contributed by atoms with Crippen molar-refractivity contribution in [3.05, 3.63) is 83.9 Å². The summed E-state index contributed by atoms with van der Waals surface area (Å²) < 4.78 is 54.9. The van der Waals surface area contributed by atoms with Crippen LogP contribution in [-0.4, -0.2) is 89.7 Å².